The van der Waals surface area contributed by atoms with Gasteiger partial charge in [-0.2, -0.15) is 0 Å². The number of rotatable bonds is 6. The Kier molecular flexibility index (Phi) is 6.40. The van der Waals surface area contributed by atoms with E-state index < -0.39 is 0 Å². The third kappa shape index (κ3) is 4.32. The minimum atomic E-state index is -0.303. The van der Waals surface area contributed by atoms with Crippen LogP contribution in [0.5, 0.6) is 0 Å². The number of fused-ring (bicyclic) bond motifs is 1. The molecule has 3 heterocycles. The highest BCUT2D eigenvalue weighted by molar-refractivity contribution is 8.26. The summed E-state index contributed by atoms with van der Waals surface area (Å²) in [5.41, 5.74) is 3.41. The lowest BCUT2D eigenvalue weighted by atomic mass is 10.1. The topological polar surface area (TPSA) is 86.9 Å². The molecule has 7 nitrogen and oxygen atoms in total. The van der Waals surface area contributed by atoms with Gasteiger partial charge in [0.05, 0.1) is 23.6 Å². The van der Waals surface area contributed by atoms with Crippen LogP contribution in [0.15, 0.2) is 52.3 Å². The fourth-order valence-corrected chi connectivity index (χ4v) is 4.63. The lowest BCUT2D eigenvalue weighted by Crippen LogP contribution is -2.27. The summed E-state index contributed by atoms with van der Waals surface area (Å²) in [4.78, 5) is 32.8. The summed E-state index contributed by atoms with van der Waals surface area (Å²) in [6.07, 6.45) is 3.19. The Morgan fingerprint density at radius 1 is 1.19 bits per heavy atom. The van der Waals surface area contributed by atoms with E-state index in [-0.39, 0.29) is 30.2 Å². The van der Waals surface area contributed by atoms with Crippen molar-refractivity contribution in [1.82, 2.24) is 14.3 Å². The van der Waals surface area contributed by atoms with Crippen LogP contribution in [0.3, 0.4) is 0 Å². The molecular formula is C23H22N4O3S2. The summed E-state index contributed by atoms with van der Waals surface area (Å²) in [7, 11) is 0. The van der Waals surface area contributed by atoms with Crippen molar-refractivity contribution in [3.63, 3.8) is 0 Å². The van der Waals surface area contributed by atoms with Crippen LogP contribution >= 0.6 is 24.0 Å². The van der Waals surface area contributed by atoms with Crippen molar-refractivity contribution < 1.29 is 9.90 Å². The number of aliphatic hydroxyl groups is 1. The average molecular weight is 467 g/mol. The summed E-state index contributed by atoms with van der Waals surface area (Å²) in [6, 6.07) is 11.6. The molecule has 0 aliphatic carbocycles. The number of benzene rings is 1. The molecule has 0 bridgehead atoms. The number of hydrogen-bond donors (Lipinski definition) is 2. The molecular weight excluding hydrogens is 444 g/mol. The van der Waals surface area contributed by atoms with E-state index in [1.165, 1.54) is 15.4 Å². The van der Waals surface area contributed by atoms with E-state index in [1.807, 2.05) is 44.2 Å². The highest BCUT2D eigenvalue weighted by atomic mass is 32.2. The third-order valence-electron chi connectivity index (χ3n) is 5.10. The van der Waals surface area contributed by atoms with E-state index in [1.54, 1.807) is 12.3 Å². The maximum Gasteiger partial charge on any atom is 0.267 e. The molecule has 0 saturated carbocycles. The number of pyridine rings is 1. The fraction of sp³-hybridized carbons (Fsp3) is 0.217. The normalized spacial score (nSPS) is 15.2. The zero-order chi connectivity index (χ0) is 22.8. The zero-order valence-corrected chi connectivity index (χ0v) is 19.3. The SMILES string of the molecule is Cc1ccc(CN2C(=O)/C(=C/c3c(NCCO)nc4c(C)cccn4c3=O)SC2=S)cc1. The van der Waals surface area contributed by atoms with Crippen LogP contribution in [-0.2, 0) is 11.3 Å². The maximum atomic E-state index is 13.3. The van der Waals surface area contributed by atoms with Gasteiger partial charge in [0.2, 0.25) is 0 Å². The van der Waals surface area contributed by atoms with Crippen LogP contribution in [0.1, 0.15) is 22.3 Å². The van der Waals surface area contributed by atoms with Gasteiger partial charge in [0, 0.05) is 12.7 Å². The number of aliphatic hydroxyl groups excluding tert-OH is 1. The second-order valence-corrected chi connectivity index (χ2v) is 9.14. The van der Waals surface area contributed by atoms with Crippen LogP contribution in [0.4, 0.5) is 5.82 Å². The molecule has 0 atom stereocenters. The van der Waals surface area contributed by atoms with Gasteiger partial charge in [-0.25, -0.2) is 4.98 Å². The van der Waals surface area contributed by atoms with Gasteiger partial charge in [-0.1, -0.05) is 59.9 Å². The van der Waals surface area contributed by atoms with E-state index in [2.05, 4.69) is 10.3 Å². The molecule has 2 aromatic heterocycles. The Bertz CT molecular complexity index is 1300. The zero-order valence-electron chi connectivity index (χ0n) is 17.7. The third-order valence-corrected chi connectivity index (χ3v) is 6.48. The second kappa shape index (κ2) is 9.23. The summed E-state index contributed by atoms with van der Waals surface area (Å²) >= 11 is 6.61. The van der Waals surface area contributed by atoms with Gasteiger partial charge >= 0.3 is 0 Å². The summed E-state index contributed by atoms with van der Waals surface area (Å²) in [5.74, 6) is 0.0737. The molecule has 1 amide bonds. The van der Waals surface area contributed by atoms with E-state index in [0.29, 0.717) is 27.2 Å². The van der Waals surface area contributed by atoms with E-state index in [0.717, 1.165) is 28.5 Å². The highest BCUT2D eigenvalue weighted by Gasteiger charge is 2.32. The number of carbonyl (C=O) groups excluding carboxylic acids is 1. The Balaban J connectivity index is 1.74. The van der Waals surface area contributed by atoms with Crippen molar-refractivity contribution in [3.8, 4) is 0 Å². The first-order valence-corrected chi connectivity index (χ1v) is 11.3. The standard InChI is InChI=1S/C23H22N4O3S2/c1-14-5-7-16(8-6-14)13-27-22(30)18(32-23(27)31)12-17-19(24-9-11-28)25-20-15(2)4-3-10-26(20)21(17)29/h3-8,10,12,24,28H,9,11,13H2,1-2H3/b18-12-. The van der Waals surface area contributed by atoms with E-state index in [9.17, 15) is 14.7 Å². The number of carbonyl (C=O) groups is 1. The van der Waals surface area contributed by atoms with Crippen LogP contribution in [0.25, 0.3) is 11.7 Å². The monoisotopic (exact) mass is 466 g/mol. The first kappa shape index (κ1) is 22.2. The van der Waals surface area contributed by atoms with Crippen molar-refractivity contribution in [2.45, 2.75) is 20.4 Å². The largest absolute Gasteiger partial charge is 0.395 e. The number of aromatic nitrogens is 2. The van der Waals surface area contributed by atoms with Crippen LogP contribution < -0.4 is 10.9 Å². The Morgan fingerprint density at radius 3 is 2.66 bits per heavy atom. The van der Waals surface area contributed by atoms with Gasteiger partial charge in [0.25, 0.3) is 11.5 Å². The van der Waals surface area contributed by atoms with Gasteiger partial charge in [0.1, 0.15) is 15.8 Å². The van der Waals surface area contributed by atoms with Crippen molar-refractivity contribution in [1.29, 1.82) is 0 Å². The molecule has 164 valence electrons. The number of nitrogens with one attached hydrogen (secondary N) is 1. The quantitative estimate of drug-likeness (QED) is 0.426. The van der Waals surface area contributed by atoms with Gasteiger partial charge < -0.3 is 10.4 Å². The van der Waals surface area contributed by atoms with Crippen molar-refractivity contribution in [2.24, 2.45) is 0 Å². The lowest BCUT2D eigenvalue weighted by molar-refractivity contribution is -0.122. The maximum absolute atomic E-state index is 13.3. The first-order chi connectivity index (χ1) is 15.4. The van der Waals surface area contributed by atoms with Crippen molar-refractivity contribution in [3.05, 3.63) is 80.1 Å². The van der Waals surface area contributed by atoms with Gasteiger partial charge in [-0.05, 0) is 37.1 Å². The van der Waals surface area contributed by atoms with Crippen LogP contribution in [0.2, 0.25) is 0 Å². The molecule has 3 aromatic rings. The molecule has 1 fully saturated rings. The number of nitrogens with zero attached hydrogens (tertiary/aromatic N) is 3. The van der Waals surface area contributed by atoms with Gasteiger partial charge in [0.15, 0.2) is 0 Å². The van der Waals surface area contributed by atoms with Crippen molar-refractivity contribution >= 4 is 51.7 Å². The predicted molar refractivity (Wildman–Crippen MR) is 132 cm³/mol. The molecule has 1 aromatic carbocycles. The number of anilines is 1. The first-order valence-electron chi connectivity index (χ1n) is 10.1. The number of aryl methyl sites for hydroxylation is 2. The van der Waals surface area contributed by atoms with Gasteiger partial charge in [-0.15, -0.1) is 0 Å². The molecule has 1 aliphatic rings. The Hall–Kier alpha value is -3.01. The predicted octanol–water partition coefficient (Wildman–Crippen LogP) is 3.12. The Morgan fingerprint density at radius 2 is 1.94 bits per heavy atom. The number of amides is 1. The minimum Gasteiger partial charge on any atom is -0.395 e. The molecule has 32 heavy (non-hydrogen) atoms. The van der Waals surface area contributed by atoms with Crippen LogP contribution in [0, 0.1) is 13.8 Å². The summed E-state index contributed by atoms with van der Waals surface area (Å²) in [6.45, 7) is 4.35. The molecule has 4 rings (SSSR count). The molecule has 0 spiro atoms. The molecule has 9 heteroatoms. The van der Waals surface area contributed by atoms with Crippen molar-refractivity contribution in [2.75, 3.05) is 18.5 Å². The fourth-order valence-electron chi connectivity index (χ4n) is 3.39. The number of thiocarbonyl (C=S) groups is 1. The van der Waals surface area contributed by atoms with Crippen LogP contribution in [-0.4, -0.2) is 42.8 Å². The molecule has 1 saturated heterocycles. The minimum absolute atomic E-state index is 0.118. The van der Waals surface area contributed by atoms with Gasteiger partial charge in [-0.3, -0.25) is 18.9 Å². The highest BCUT2D eigenvalue weighted by Crippen LogP contribution is 2.34. The Labute approximate surface area is 194 Å². The summed E-state index contributed by atoms with van der Waals surface area (Å²) < 4.78 is 1.90. The molecule has 0 unspecified atom stereocenters. The average Bonchev–Trinajstić information content (AvgIpc) is 3.04. The molecule has 0 radical (unpaired) electrons. The smallest absolute Gasteiger partial charge is 0.267 e. The molecule has 1 aliphatic heterocycles. The molecule has 2 N–H and O–H groups in total. The summed E-state index contributed by atoms with van der Waals surface area (Å²) in [5, 5.41) is 12.2. The number of hydrogen-bond acceptors (Lipinski definition) is 7. The number of thioether (sulfide) groups is 1. The second-order valence-electron chi connectivity index (χ2n) is 7.47. The van der Waals surface area contributed by atoms with E-state index in [4.69, 9.17) is 12.2 Å². The van der Waals surface area contributed by atoms with E-state index >= 15 is 0 Å². The lowest BCUT2D eigenvalue weighted by Gasteiger charge is -2.14.